The van der Waals surface area contributed by atoms with Crippen LogP contribution in [0, 0.1) is 0 Å². The van der Waals surface area contributed by atoms with Crippen molar-refractivity contribution in [2.24, 2.45) is 0 Å². The average Bonchev–Trinajstić information content (AvgIpc) is 2.29. The number of rotatable bonds is 2. The maximum Gasteiger partial charge on any atom is 0.222 e. The van der Waals surface area contributed by atoms with Crippen molar-refractivity contribution in [3.05, 3.63) is 0 Å². The van der Waals surface area contributed by atoms with Gasteiger partial charge in [0.2, 0.25) is 5.91 Å². The fraction of sp³-hybridized carbons (Fsp3) is 0.909. The molecule has 0 aromatic heterocycles. The zero-order valence-corrected chi connectivity index (χ0v) is 14.0. The first kappa shape index (κ1) is 15.9. The lowest BCUT2D eigenvalue weighted by molar-refractivity contribution is -0.126. The van der Waals surface area contributed by atoms with E-state index in [0.29, 0.717) is 5.91 Å². The molecular formula is C11H28N2OSi2. The molecule has 96 valence electrons. The van der Waals surface area contributed by atoms with Crippen LogP contribution in [0.5, 0.6) is 0 Å². The second kappa shape index (κ2) is 5.98. The highest BCUT2D eigenvalue weighted by molar-refractivity contribution is 6.90. The topological polar surface area (TPSA) is 32.3 Å². The van der Waals surface area contributed by atoms with Gasteiger partial charge in [0.25, 0.3) is 0 Å². The Hall–Kier alpha value is -0.136. The number of nitrogens with one attached hydrogen (secondary N) is 1. The van der Waals surface area contributed by atoms with Crippen molar-refractivity contribution in [3.63, 3.8) is 0 Å². The highest BCUT2D eigenvalue weighted by Crippen LogP contribution is 2.04. The predicted octanol–water partition coefficient (Wildman–Crippen LogP) is 2.48. The van der Waals surface area contributed by atoms with Crippen molar-refractivity contribution in [2.75, 3.05) is 13.6 Å². The first-order chi connectivity index (χ1) is 7.01. The molecular weight excluding hydrogens is 232 g/mol. The van der Waals surface area contributed by atoms with E-state index < -0.39 is 16.5 Å². The van der Waals surface area contributed by atoms with E-state index in [9.17, 15) is 4.79 Å². The molecule has 3 nitrogen and oxygen atoms in total. The SMILES string of the molecule is CN1CCCC1=O.C[Si](C)(C)N[Si](C)(C)C. The molecule has 1 heterocycles. The molecule has 1 N–H and O–H groups in total. The maximum atomic E-state index is 10.5. The van der Waals surface area contributed by atoms with Crippen LogP contribution in [-0.4, -0.2) is 40.9 Å². The lowest BCUT2D eigenvalue weighted by Crippen LogP contribution is -2.55. The van der Waals surface area contributed by atoms with E-state index in [1.807, 2.05) is 7.05 Å². The summed E-state index contributed by atoms with van der Waals surface area (Å²) in [5, 5.41) is 0. The van der Waals surface area contributed by atoms with Crippen LogP contribution in [0.2, 0.25) is 39.3 Å². The van der Waals surface area contributed by atoms with E-state index in [4.69, 9.17) is 0 Å². The van der Waals surface area contributed by atoms with Gasteiger partial charge in [0, 0.05) is 20.0 Å². The third-order valence-electron chi connectivity index (χ3n) is 2.06. The van der Waals surface area contributed by atoms with Crippen LogP contribution in [0.3, 0.4) is 0 Å². The molecule has 0 spiro atoms. The lowest BCUT2D eigenvalue weighted by atomic mass is 10.4. The summed E-state index contributed by atoms with van der Waals surface area (Å²) < 4.78 is 3.74. The van der Waals surface area contributed by atoms with Gasteiger partial charge in [0.15, 0.2) is 0 Å². The summed E-state index contributed by atoms with van der Waals surface area (Å²) in [4.78, 5) is 12.3. The van der Waals surface area contributed by atoms with Crippen LogP contribution < -0.4 is 4.65 Å². The molecule has 0 bridgehead atoms. The fourth-order valence-corrected chi connectivity index (χ4v) is 10.9. The molecule has 0 aromatic carbocycles. The molecule has 1 saturated heterocycles. The van der Waals surface area contributed by atoms with E-state index >= 15 is 0 Å². The van der Waals surface area contributed by atoms with Gasteiger partial charge < -0.3 is 9.55 Å². The van der Waals surface area contributed by atoms with E-state index in [1.165, 1.54) is 0 Å². The van der Waals surface area contributed by atoms with Crippen molar-refractivity contribution < 1.29 is 4.79 Å². The lowest BCUT2D eigenvalue weighted by Gasteiger charge is -2.28. The summed E-state index contributed by atoms with van der Waals surface area (Å²) in [5.74, 6) is 0.292. The predicted molar refractivity (Wildman–Crippen MR) is 76.7 cm³/mol. The molecule has 0 saturated carbocycles. The summed E-state index contributed by atoms with van der Waals surface area (Å²) >= 11 is 0. The third-order valence-corrected chi connectivity index (χ3v) is 8.06. The molecule has 0 aliphatic carbocycles. The van der Waals surface area contributed by atoms with E-state index in [0.717, 1.165) is 19.4 Å². The first-order valence-corrected chi connectivity index (χ1v) is 13.0. The van der Waals surface area contributed by atoms with Gasteiger partial charge in [-0.2, -0.15) is 0 Å². The van der Waals surface area contributed by atoms with Gasteiger partial charge in [-0.05, 0) is 6.42 Å². The molecule has 5 heteroatoms. The summed E-state index contributed by atoms with van der Waals surface area (Å²) in [6, 6.07) is 0. The normalized spacial score (nSPS) is 17.2. The number of hydrogen-bond donors (Lipinski definition) is 1. The zero-order valence-electron chi connectivity index (χ0n) is 12.0. The van der Waals surface area contributed by atoms with Gasteiger partial charge in [0.1, 0.15) is 16.5 Å². The largest absolute Gasteiger partial charge is 0.360 e. The minimum absolute atomic E-state index is 0.292. The molecule has 0 radical (unpaired) electrons. The minimum Gasteiger partial charge on any atom is -0.360 e. The monoisotopic (exact) mass is 260 g/mol. The first-order valence-electron chi connectivity index (χ1n) is 6.04. The number of nitrogens with zero attached hydrogens (tertiary/aromatic N) is 1. The molecule has 1 rings (SSSR count). The van der Waals surface area contributed by atoms with Gasteiger partial charge in [-0.3, -0.25) is 4.79 Å². The molecule has 16 heavy (non-hydrogen) atoms. The van der Waals surface area contributed by atoms with Crippen LogP contribution in [0.4, 0.5) is 0 Å². The number of likely N-dealkylation sites (tertiary alicyclic amines) is 1. The Balaban J connectivity index is 0.000000288. The number of amides is 1. The average molecular weight is 261 g/mol. The standard InChI is InChI=1S/C6H19NSi2.C5H9NO/c1-8(2,3)7-9(4,5)6;1-6-4-2-3-5(6)7/h7H,1-6H3;2-4H2,1H3. The quantitative estimate of drug-likeness (QED) is 0.774. The van der Waals surface area contributed by atoms with Gasteiger partial charge in [-0.15, -0.1) is 0 Å². The highest BCUT2D eigenvalue weighted by atomic mass is 28.4. The Morgan fingerprint density at radius 1 is 1.06 bits per heavy atom. The molecule has 1 aliphatic rings. The summed E-state index contributed by atoms with van der Waals surface area (Å²) in [6.45, 7) is 15.1. The van der Waals surface area contributed by atoms with Crippen molar-refractivity contribution in [2.45, 2.75) is 52.1 Å². The van der Waals surface area contributed by atoms with E-state index in [2.05, 4.69) is 43.9 Å². The van der Waals surface area contributed by atoms with Gasteiger partial charge >= 0.3 is 0 Å². The second-order valence-electron chi connectivity index (χ2n) is 6.54. The van der Waals surface area contributed by atoms with E-state index in [1.54, 1.807) is 4.90 Å². The van der Waals surface area contributed by atoms with Gasteiger partial charge in [0.05, 0.1) is 0 Å². The molecule has 1 amide bonds. The van der Waals surface area contributed by atoms with Gasteiger partial charge in [-0.1, -0.05) is 39.3 Å². The van der Waals surface area contributed by atoms with Crippen LogP contribution in [0.25, 0.3) is 0 Å². The fourth-order valence-electron chi connectivity index (χ4n) is 1.91. The van der Waals surface area contributed by atoms with Gasteiger partial charge in [-0.25, -0.2) is 0 Å². The van der Waals surface area contributed by atoms with E-state index in [-0.39, 0.29) is 0 Å². The van der Waals surface area contributed by atoms with Crippen LogP contribution in [-0.2, 0) is 4.79 Å². The summed E-state index contributed by atoms with van der Waals surface area (Å²) in [7, 11) is -0.119. The molecule has 0 unspecified atom stereocenters. The third kappa shape index (κ3) is 9.12. The maximum absolute atomic E-state index is 10.5. The number of hydrogen-bond acceptors (Lipinski definition) is 2. The zero-order chi connectivity index (χ0) is 13.0. The number of carbonyl (C=O) groups excluding carboxylic acids is 1. The molecule has 0 atom stereocenters. The van der Waals surface area contributed by atoms with Crippen molar-refractivity contribution in [1.29, 1.82) is 0 Å². The molecule has 1 aliphatic heterocycles. The van der Waals surface area contributed by atoms with Crippen molar-refractivity contribution in [1.82, 2.24) is 9.55 Å². The highest BCUT2D eigenvalue weighted by Gasteiger charge is 2.22. The Morgan fingerprint density at radius 2 is 1.50 bits per heavy atom. The van der Waals surface area contributed by atoms with Crippen LogP contribution >= 0.6 is 0 Å². The van der Waals surface area contributed by atoms with Crippen LogP contribution in [0.1, 0.15) is 12.8 Å². The second-order valence-corrected chi connectivity index (χ2v) is 16.5. The smallest absolute Gasteiger partial charge is 0.222 e. The molecule has 1 fully saturated rings. The minimum atomic E-state index is -0.981. The Morgan fingerprint density at radius 3 is 1.56 bits per heavy atom. The Bertz CT molecular complexity index is 219. The van der Waals surface area contributed by atoms with Crippen LogP contribution in [0.15, 0.2) is 0 Å². The van der Waals surface area contributed by atoms with Crippen molar-refractivity contribution in [3.8, 4) is 0 Å². The Kier molecular flexibility index (Phi) is 5.93. The number of carbonyl (C=O) groups is 1. The summed E-state index contributed by atoms with van der Waals surface area (Å²) in [5.41, 5.74) is 0. The Labute approximate surface area is 103 Å². The summed E-state index contributed by atoms with van der Waals surface area (Å²) in [6.07, 6.45) is 1.81. The molecule has 0 aromatic rings. The van der Waals surface area contributed by atoms with Crippen molar-refractivity contribution >= 4 is 22.4 Å².